The smallest absolute Gasteiger partial charge is 0.412 e. The summed E-state index contributed by atoms with van der Waals surface area (Å²) in [5.41, 5.74) is 0. The first kappa shape index (κ1) is 15.1. The quantitative estimate of drug-likeness (QED) is 0.646. The summed E-state index contributed by atoms with van der Waals surface area (Å²) < 4.78 is 22.0. The molecular formula is C9H11Cl3NO3P. The van der Waals surface area contributed by atoms with E-state index in [0.29, 0.717) is 11.6 Å². The fourth-order valence-electron chi connectivity index (χ4n) is 1.03. The predicted molar refractivity (Wildman–Crippen MR) is 70.4 cm³/mol. The van der Waals surface area contributed by atoms with Gasteiger partial charge in [-0.25, -0.2) is 9.65 Å². The lowest BCUT2D eigenvalue weighted by atomic mass is 10.3. The molecule has 1 unspecified atom stereocenters. The van der Waals surface area contributed by atoms with Crippen LogP contribution in [0.4, 0.5) is 0 Å². The third kappa shape index (κ3) is 4.02. The highest BCUT2D eigenvalue weighted by Gasteiger charge is 2.25. The first-order valence-corrected chi connectivity index (χ1v) is 7.34. The molecule has 4 nitrogen and oxygen atoms in total. The topological polar surface area (TPSA) is 47.6 Å². The molecule has 0 heterocycles. The Labute approximate surface area is 115 Å². The SMILES string of the molecule is CCNP(=O)(OC)Oc1cc(Cl)c(Cl)cc1Cl. The van der Waals surface area contributed by atoms with Crippen LogP contribution in [0, 0.1) is 0 Å². The predicted octanol–water partition coefficient (Wildman–Crippen LogP) is 4.39. The molecule has 1 atom stereocenters. The van der Waals surface area contributed by atoms with E-state index in [1.165, 1.54) is 19.2 Å². The average molecular weight is 319 g/mol. The van der Waals surface area contributed by atoms with Crippen LogP contribution in [-0.4, -0.2) is 13.7 Å². The summed E-state index contributed by atoms with van der Waals surface area (Å²) in [7, 11) is -2.15. The molecule has 0 radical (unpaired) electrons. The summed E-state index contributed by atoms with van der Waals surface area (Å²) in [6.45, 7) is 2.19. The number of hydrogen-bond acceptors (Lipinski definition) is 3. The molecule has 1 aromatic rings. The molecule has 8 heteroatoms. The van der Waals surface area contributed by atoms with Crippen LogP contribution in [0.5, 0.6) is 5.75 Å². The fourth-order valence-corrected chi connectivity index (χ4v) is 2.73. The van der Waals surface area contributed by atoms with Crippen LogP contribution in [0.15, 0.2) is 12.1 Å². The average Bonchev–Trinajstić information content (AvgIpc) is 2.26. The van der Waals surface area contributed by atoms with Gasteiger partial charge in [-0.05, 0) is 6.07 Å². The molecule has 0 amide bonds. The Hall–Kier alpha value is 0.0400. The van der Waals surface area contributed by atoms with Gasteiger partial charge >= 0.3 is 7.75 Å². The van der Waals surface area contributed by atoms with Gasteiger partial charge in [0.25, 0.3) is 0 Å². The first-order valence-electron chi connectivity index (χ1n) is 4.67. The molecule has 0 fully saturated rings. The van der Waals surface area contributed by atoms with Gasteiger partial charge in [-0.3, -0.25) is 4.52 Å². The maximum Gasteiger partial charge on any atom is 0.458 e. The number of nitrogens with one attached hydrogen (secondary N) is 1. The van der Waals surface area contributed by atoms with Gasteiger partial charge < -0.3 is 4.52 Å². The van der Waals surface area contributed by atoms with Gasteiger partial charge in [0.2, 0.25) is 0 Å². The van der Waals surface area contributed by atoms with Crippen molar-refractivity contribution in [1.29, 1.82) is 0 Å². The molecule has 1 aromatic carbocycles. The summed E-state index contributed by atoms with van der Waals surface area (Å²) in [5, 5.41) is 3.34. The van der Waals surface area contributed by atoms with E-state index >= 15 is 0 Å². The zero-order valence-electron chi connectivity index (χ0n) is 9.17. The van der Waals surface area contributed by atoms with Gasteiger partial charge in [-0.2, -0.15) is 0 Å². The van der Waals surface area contributed by atoms with Gasteiger partial charge in [0.1, 0.15) is 0 Å². The molecular weight excluding hydrogens is 307 g/mol. The van der Waals surface area contributed by atoms with Gasteiger partial charge in [0.15, 0.2) is 5.75 Å². The molecule has 0 saturated carbocycles. The van der Waals surface area contributed by atoms with Gasteiger partial charge in [0.05, 0.1) is 15.1 Å². The van der Waals surface area contributed by atoms with Crippen molar-refractivity contribution in [3.63, 3.8) is 0 Å². The second-order valence-electron chi connectivity index (χ2n) is 2.98. The van der Waals surface area contributed by atoms with E-state index in [1.54, 1.807) is 6.92 Å². The molecule has 0 bridgehead atoms. The summed E-state index contributed by atoms with van der Waals surface area (Å²) in [6.07, 6.45) is 0. The summed E-state index contributed by atoms with van der Waals surface area (Å²) in [6, 6.07) is 2.79. The monoisotopic (exact) mass is 317 g/mol. The van der Waals surface area contributed by atoms with Crippen molar-refractivity contribution in [2.24, 2.45) is 0 Å². The molecule has 0 aliphatic carbocycles. The van der Waals surface area contributed by atoms with Crippen LogP contribution in [0.1, 0.15) is 6.92 Å². The molecule has 0 aromatic heterocycles. The Kier molecular flexibility index (Phi) is 5.58. The summed E-state index contributed by atoms with van der Waals surface area (Å²) >= 11 is 17.5. The van der Waals surface area contributed by atoms with E-state index in [0.717, 1.165) is 0 Å². The lowest BCUT2D eigenvalue weighted by Crippen LogP contribution is -2.15. The standard InChI is InChI=1S/C9H11Cl3NO3P/c1-3-13-17(14,15-2)16-9-5-7(11)6(10)4-8(9)12/h4-5H,3H2,1-2H3,(H,13,14). The highest BCUT2D eigenvalue weighted by atomic mass is 35.5. The highest BCUT2D eigenvalue weighted by molar-refractivity contribution is 7.52. The van der Waals surface area contributed by atoms with Crippen molar-refractivity contribution in [2.75, 3.05) is 13.7 Å². The van der Waals surface area contributed by atoms with Crippen molar-refractivity contribution in [3.05, 3.63) is 27.2 Å². The normalized spacial score (nSPS) is 14.4. The number of rotatable bonds is 5. The van der Waals surface area contributed by atoms with Crippen molar-refractivity contribution >= 4 is 42.5 Å². The van der Waals surface area contributed by atoms with Gasteiger partial charge in [-0.15, -0.1) is 0 Å². The Balaban J connectivity index is 3.02. The molecule has 0 spiro atoms. The molecule has 96 valence electrons. The van der Waals surface area contributed by atoms with Crippen LogP contribution >= 0.6 is 42.5 Å². The molecule has 1 N–H and O–H groups in total. The summed E-state index contributed by atoms with van der Waals surface area (Å²) in [5.74, 6) is 0.146. The van der Waals surface area contributed by atoms with E-state index in [9.17, 15) is 4.57 Å². The molecule has 0 aliphatic rings. The Morgan fingerprint density at radius 1 is 1.24 bits per heavy atom. The molecule has 1 rings (SSSR count). The lowest BCUT2D eigenvalue weighted by molar-refractivity contribution is 0.310. The van der Waals surface area contributed by atoms with Crippen molar-refractivity contribution in [3.8, 4) is 5.75 Å². The first-order chi connectivity index (χ1) is 7.91. The number of benzene rings is 1. The van der Waals surface area contributed by atoms with Gasteiger partial charge in [-0.1, -0.05) is 41.7 Å². The second-order valence-corrected chi connectivity index (χ2v) is 6.06. The molecule has 17 heavy (non-hydrogen) atoms. The molecule has 0 aliphatic heterocycles. The van der Waals surface area contributed by atoms with Crippen molar-refractivity contribution in [1.82, 2.24) is 5.09 Å². The number of halogens is 3. The van der Waals surface area contributed by atoms with Crippen LogP contribution in [0.2, 0.25) is 15.1 Å². The zero-order chi connectivity index (χ0) is 13.1. The third-order valence-corrected chi connectivity index (χ3v) is 4.42. The maximum atomic E-state index is 12.0. The number of hydrogen-bond donors (Lipinski definition) is 1. The zero-order valence-corrected chi connectivity index (χ0v) is 12.3. The van der Waals surface area contributed by atoms with E-state index in [2.05, 4.69) is 5.09 Å². The van der Waals surface area contributed by atoms with Crippen LogP contribution in [0.3, 0.4) is 0 Å². The van der Waals surface area contributed by atoms with E-state index < -0.39 is 7.75 Å². The summed E-state index contributed by atoms with van der Waals surface area (Å²) in [4.78, 5) is 0. The van der Waals surface area contributed by atoms with Crippen LogP contribution in [-0.2, 0) is 9.09 Å². The Morgan fingerprint density at radius 2 is 1.82 bits per heavy atom. The highest BCUT2D eigenvalue weighted by Crippen LogP contribution is 2.46. The van der Waals surface area contributed by atoms with Gasteiger partial charge in [0, 0.05) is 19.7 Å². The second kappa shape index (κ2) is 6.28. The van der Waals surface area contributed by atoms with E-state index in [1.807, 2.05) is 0 Å². The minimum atomic E-state index is -3.42. The van der Waals surface area contributed by atoms with Crippen LogP contribution < -0.4 is 9.61 Å². The molecule has 0 saturated heterocycles. The largest absolute Gasteiger partial charge is 0.458 e. The van der Waals surface area contributed by atoms with E-state index in [4.69, 9.17) is 43.9 Å². The van der Waals surface area contributed by atoms with Crippen molar-refractivity contribution < 1.29 is 13.6 Å². The Bertz CT molecular complexity index is 455. The maximum absolute atomic E-state index is 12.0. The third-order valence-electron chi connectivity index (χ3n) is 1.79. The lowest BCUT2D eigenvalue weighted by Gasteiger charge is -2.18. The minimum absolute atomic E-state index is 0.146. The van der Waals surface area contributed by atoms with E-state index in [-0.39, 0.29) is 15.8 Å². The Morgan fingerprint density at radius 3 is 2.35 bits per heavy atom. The fraction of sp³-hybridized carbons (Fsp3) is 0.333. The van der Waals surface area contributed by atoms with Crippen molar-refractivity contribution in [2.45, 2.75) is 6.92 Å². The minimum Gasteiger partial charge on any atom is -0.412 e. The van der Waals surface area contributed by atoms with Crippen LogP contribution in [0.25, 0.3) is 0 Å².